The zero-order valence-corrected chi connectivity index (χ0v) is 15.1. The molecule has 0 bridgehead atoms. The molecule has 1 fully saturated rings. The standard InChI is InChI=1S/C20H20F2N4O/c1-26(2)11-18-24-16-8-7-14(9-17(16)25-18)23-19(27)13-5-3-12(4-6-13)15-10-20(15,21)22/h3-9,15H,10-11H2,1-2H3,(H,23,27)(H,24,25). The van der Waals surface area contributed by atoms with Gasteiger partial charge in [0.15, 0.2) is 0 Å². The van der Waals surface area contributed by atoms with Crippen LogP contribution < -0.4 is 5.32 Å². The highest BCUT2D eigenvalue weighted by molar-refractivity contribution is 6.05. The number of alkyl halides is 2. The van der Waals surface area contributed by atoms with E-state index in [1.807, 2.05) is 31.1 Å². The monoisotopic (exact) mass is 370 g/mol. The van der Waals surface area contributed by atoms with E-state index in [9.17, 15) is 13.6 Å². The van der Waals surface area contributed by atoms with Gasteiger partial charge in [-0.2, -0.15) is 0 Å². The summed E-state index contributed by atoms with van der Waals surface area (Å²) in [5.74, 6) is -2.74. The highest BCUT2D eigenvalue weighted by Gasteiger charge is 2.57. The molecule has 1 aromatic heterocycles. The predicted molar refractivity (Wildman–Crippen MR) is 100 cm³/mol. The van der Waals surface area contributed by atoms with Gasteiger partial charge in [-0.1, -0.05) is 12.1 Å². The molecule has 3 aromatic rings. The molecule has 2 N–H and O–H groups in total. The molecule has 0 aliphatic heterocycles. The molecule has 1 unspecified atom stereocenters. The fourth-order valence-corrected chi connectivity index (χ4v) is 3.16. The first-order valence-corrected chi connectivity index (χ1v) is 8.74. The van der Waals surface area contributed by atoms with Crippen molar-refractivity contribution in [3.8, 4) is 0 Å². The Morgan fingerprint density at radius 1 is 1.26 bits per heavy atom. The number of amides is 1. The van der Waals surface area contributed by atoms with E-state index in [0.717, 1.165) is 16.9 Å². The Morgan fingerprint density at radius 2 is 1.96 bits per heavy atom. The van der Waals surface area contributed by atoms with Gasteiger partial charge in [-0.3, -0.25) is 4.79 Å². The lowest BCUT2D eigenvalue weighted by Gasteiger charge is -2.06. The van der Waals surface area contributed by atoms with Gasteiger partial charge < -0.3 is 15.2 Å². The third-order valence-corrected chi connectivity index (χ3v) is 4.66. The van der Waals surface area contributed by atoms with Crippen molar-refractivity contribution >= 4 is 22.6 Å². The number of aromatic amines is 1. The summed E-state index contributed by atoms with van der Waals surface area (Å²) in [7, 11) is 3.93. The van der Waals surface area contributed by atoms with Crippen LogP contribution in [0.5, 0.6) is 0 Å². The maximum atomic E-state index is 13.1. The number of halogens is 2. The second-order valence-electron chi connectivity index (χ2n) is 7.25. The number of carbonyl (C=O) groups is 1. The van der Waals surface area contributed by atoms with Gasteiger partial charge >= 0.3 is 0 Å². The minimum atomic E-state index is -2.60. The van der Waals surface area contributed by atoms with Crippen LogP contribution in [0.3, 0.4) is 0 Å². The second kappa shape index (κ2) is 6.42. The maximum Gasteiger partial charge on any atom is 0.255 e. The van der Waals surface area contributed by atoms with E-state index in [1.54, 1.807) is 30.3 Å². The minimum Gasteiger partial charge on any atom is -0.341 e. The van der Waals surface area contributed by atoms with Crippen LogP contribution in [-0.2, 0) is 6.54 Å². The van der Waals surface area contributed by atoms with E-state index in [-0.39, 0.29) is 12.3 Å². The summed E-state index contributed by atoms with van der Waals surface area (Å²) >= 11 is 0. The van der Waals surface area contributed by atoms with E-state index in [0.29, 0.717) is 23.4 Å². The second-order valence-corrected chi connectivity index (χ2v) is 7.25. The molecule has 27 heavy (non-hydrogen) atoms. The van der Waals surface area contributed by atoms with Crippen LogP contribution in [0.1, 0.15) is 34.1 Å². The Kier molecular flexibility index (Phi) is 4.19. The third kappa shape index (κ3) is 3.68. The molecule has 5 nitrogen and oxygen atoms in total. The van der Waals surface area contributed by atoms with Crippen LogP contribution in [0.15, 0.2) is 42.5 Å². The predicted octanol–water partition coefficient (Wildman–Crippen LogP) is 4.00. The Morgan fingerprint density at radius 3 is 2.59 bits per heavy atom. The molecule has 1 saturated carbocycles. The summed E-state index contributed by atoms with van der Waals surface area (Å²) in [5.41, 5.74) is 3.32. The smallest absolute Gasteiger partial charge is 0.255 e. The summed E-state index contributed by atoms with van der Waals surface area (Å²) in [6.45, 7) is 0.697. The Hall–Kier alpha value is -2.80. The van der Waals surface area contributed by atoms with E-state index in [1.165, 1.54) is 0 Å². The highest BCUT2D eigenvalue weighted by atomic mass is 19.3. The van der Waals surface area contributed by atoms with Crippen molar-refractivity contribution in [3.63, 3.8) is 0 Å². The maximum absolute atomic E-state index is 13.1. The number of imidazole rings is 1. The van der Waals surface area contributed by atoms with Gasteiger partial charge in [0.25, 0.3) is 11.8 Å². The molecule has 2 aromatic carbocycles. The van der Waals surface area contributed by atoms with Crippen LogP contribution in [0, 0.1) is 0 Å². The van der Waals surface area contributed by atoms with Gasteiger partial charge in [0.05, 0.1) is 23.5 Å². The van der Waals surface area contributed by atoms with Crippen LogP contribution >= 0.6 is 0 Å². The van der Waals surface area contributed by atoms with Gasteiger partial charge in [-0.15, -0.1) is 0 Å². The minimum absolute atomic E-state index is 0.113. The van der Waals surface area contributed by atoms with Gasteiger partial charge in [-0.05, 0) is 50.0 Å². The number of hydrogen-bond donors (Lipinski definition) is 2. The average molecular weight is 370 g/mol. The average Bonchev–Trinajstić information content (AvgIpc) is 3.07. The van der Waals surface area contributed by atoms with Crippen LogP contribution in [0.4, 0.5) is 14.5 Å². The summed E-state index contributed by atoms with van der Waals surface area (Å²) in [6.07, 6.45) is -0.113. The van der Waals surface area contributed by atoms with Crippen molar-refractivity contribution in [2.45, 2.75) is 24.8 Å². The molecule has 1 atom stereocenters. The molecule has 0 spiro atoms. The van der Waals surface area contributed by atoms with Gasteiger partial charge in [-0.25, -0.2) is 13.8 Å². The quantitative estimate of drug-likeness (QED) is 0.714. The first-order chi connectivity index (χ1) is 12.8. The van der Waals surface area contributed by atoms with E-state index < -0.39 is 11.8 Å². The number of benzene rings is 2. The molecule has 4 rings (SSSR count). The largest absolute Gasteiger partial charge is 0.341 e. The molecule has 0 saturated heterocycles. The van der Waals surface area contributed by atoms with Crippen LogP contribution in [0.2, 0.25) is 0 Å². The number of H-pyrrole nitrogens is 1. The topological polar surface area (TPSA) is 61.0 Å². The number of carbonyl (C=O) groups excluding carboxylic acids is 1. The molecule has 140 valence electrons. The Balaban J connectivity index is 1.47. The molecule has 1 aliphatic carbocycles. The van der Waals surface area contributed by atoms with E-state index >= 15 is 0 Å². The van der Waals surface area contributed by atoms with Crippen molar-refractivity contribution in [1.82, 2.24) is 14.9 Å². The lowest BCUT2D eigenvalue weighted by atomic mass is 10.1. The van der Waals surface area contributed by atoms with Gasteiger partial charge in [0, 0.05) is 17.7 Å². The SMILES string of the molecule is CN(C)Cc1nc2ccc(NC(=O)c3ccc(C4CC4(F)F)cc3)cc2[nH]1. The number of anilines is 1. The molecule has 7 heteroatoms. The fourth-order valence-electron chi connectivity index (χ4n) is 3.16. The lowest BCUT2D eigenvalue weighted by molar-refractivity contribution is 0.102. The third-order valence-electron chi connectivity index (χ3n) is 4.66. The number of aromatic nitrogens is 2. The van der Waals surface area contributed by atoms with Crippen molar-refractivity contribution in [2.24, 2.45) is 0 Å². The zero-order valence-electron chi connectivity index (χ0n) is 15.1. The molecule has 1 amide bonds. The van der Waals surface area contributed by atoms with Crippen molar-refractivity contribution in [2.75, 3.05) is 19.4 Å². The summed E-state index contributed by atoms with van der Waals surface area (Å²) < 4.78 is 26.3. The van der Waals surface area contributed by atoms with E-state index in [2.05, 4.69) is 15.3 Å². The van der Waals surface area contributed by atoms with Crippen molar-refractivity contribution in [3.05, 3.63) is 59.4 Å². The van der Waals surface area contributed by atoms with E-state index in [4.69, 9.17) is 0 Å². The van der Waals surface area contributed by atoms with Crippen molar-refractivity contribution in [1.29, 1.82) is 0 Å². The number of hydrogen-bond acceptors (Lipinski definition) is 3. The summed E-state index contributed by atoms with van der Waals surface area (Å²) in [6, 6.07) is 11.8. The molecule has 0 radical (unpaired) electrons. The van der Waals surface area contributed by atoms with Crippen LogP contribution in [-0.4, -0.2) is 40.8 Å². The summed E-state index contributed by atoms with van der Waals surface area (Å²) in [4.78, 5) is 22.2. The zero-order chi connectivity index (χ0) is 19.2. The number of nitrogens with one attached hydrogen (secondary N) is 2. The molecule has 1 aliphatic rings. The molecular formula is C20H20F2N4O. The fraction of sp³-hybridized carbons (Fsp3) is 0.300. The molecular weight excluding hydrogens is 350 g/mol. The lowest BCUT2D eigenvalue weighted by Crippen LogP contribution is -2.11. The van der Waals surface area contributed by atoms with Crippen molar-refractivity contribution < 1.29 is 13.6 Å². The number of nitrogens with zero attached hydrogens (tertiary/aromatic N) is 2. The van der Waals surface area contributed by atoms with Gasteiger partial charge in [0.2, 0.25) is 0 Å². The highest BCUT2D eigenvalue weighted by Crippen LogP contribution is 2.55. The normalized spacial score (nSPS) is 18.0. The molecule has 1 heterocycles. The van der Waals surface area contributed by atoms with Crippen LogP contribution in [0.25, 0.3) is 11.0 Å². The Bertz CT molecular complexity index is 995. The Labute approximate surface area is 155 Å². The number of rotatable bonds is 5. The summed E-state index contributed by atoms with van der Waals surface area (Å²) in [5, 5.41) is 2.84. The number of fused-ring (bicyclic) bond motifs is 1. The first-order valence-electron chi connectivity index (χ1n) is 8.74. The first kappa shape index (κ1) is 17.6. The van der Waals surface area contributed by atoms with Gasteiger partial charge in [0.1, 0.15) is 5.82 Å².